The first kappa shape index (κ1) is 15.8. The Labute approximate surface area is 116 Å². The van der Waals surface area contributed by atoms with E-state index in [0.717, 1.165) is 12.8 Å². The minimum atomic E-state index is -0.493. The number of aliphatic hydroxyl groups excluding tert-OH is 1. The summed E-state index contributed by atoms with van der Waals surface area (Å²) in [5, 5.41) is 9.99. The highest BCUT2D eigenvalue weighted by atomic mass is 16.5. The molecule has 0 fully saturated rings. The van der Waals surface area contributed by atoms with Crippen molar-refractivity contribution in [3.63, 3.8) is 0 Å². The zero-order chi connectivity index (χ0) is 14.3. The zero-order valence-corrected chi connectivity index (χ0v) is 12.2. The molecule has 0 saturated carbocycles. The van der Waals surface area contributed by atoms with Crippen molar-refractivity contribution < 1.29 is 9.84 Å². The third-order valence-electron chi connectivity index (χ3n) is 3.37. The quantitative estimate of drug-likeness (QED) is 0.708. The van der Waals surface area contributed by atoms with Crippen LogP contribution in [-0.4, -0.2) is 42.4 Å². The number of benzene rings is 1. The lowest BCUT2D eigenvalue weighted by atomic mass is 10.1. The number of aliphatic hydroxyl groups is 1. The Morgan fingerprint density at radius 1 is 1.32 bits per heavy atom. The molecular formula is C15H26N2O2. The van der Waals surface area contributed by atoms with E-state index in [1.54, 1.807) is 6.07 Å². The van der Waals surface area contributed by atoms with Crippen LogP contribution in [0.3, 0.4) is 0 Å². The van der Waals surface area contributed by atoms with Crippen LogP contribution < -0.4 is 10.5 Å². The zero-order valence-electron chi connectivity index (χ0n) is 12.2. The van der Waals surface area contributed by atoms with Crippen LogP contribution in [-0.2, 0) is 0 Å². The van der Waals surface area contributed by atoms with Gasteiger partial charge in [-0.1, -0.05) is 19.9 Å². The molecule has 4 heteroatoms. The Bertz CT molecular complexity index is 367. The number of nitrogen functional groups attached to an aromatic ring is 1. The molecule has 0 bridgehead atoms. The molecule has 108 valence electrons. The second-order valence-corrected chi connectivity index (χ2v) is 4.95. The standard InChI is InChI=1S/C15H26N2O2/c1-4-13(5-2)17(3)10-14(18)11-19-15-8-6-7-12(16)9-15/h6-9,13-14,18H,4-5,10-11,16H2,1-3H3. The summed E-state index contributed by atoms with van der Waals surface area (Å²) in [7, 11) is 2.04. The summed E-state index contributed by atoms with van der Waals surface area (Å²) in [6.45, 7) is 5.24. The summed E-state index contributed by atoms with van der Waals surface area (Å²) in [5.74, 6) is 0.698. The lowest BCUT2D eigenvalue weighted by Crippen LogP contribution is -2.39. The Balaban J connectivity index is 2.37. The predicted molar refractivity (Wildman–Crippen MR) is 79.4 cm³/mol. The molecule has 1 rings (SSSR count). The first-order valence-electron chi connectivity index (χ1n) is 6.93. The number of ether oxygens (including phenoxy) is 1. The minimum Gasteiger partial charge on any atom is -0.491 e. The highest BCUT2D eigenvalue weighted by molar-refractivity contribution is 5.43. The fourth-order valence-electron chi connectivity index (χ4n) is 2.24. The van der Waals surface area contributed by atoms with E-state index < -0.39 is 6.10 Å². The molecular weight excluding hydrogens is 240 g/mol. The average Bonchev–Trinajstić information content (AvgIpc) is 2.38. The number of nitrogens with zero attached hydrogens (tertiary/aromatic N) is 1. The monoisotopic (exact) mass is 266 g/mol. The summed E-state index contributed by atoms with van der Waals surface area (Å²) in [6, 6.07) is 7.77. The van der Waals surface area contributed by atoms with Crippen molar-refractivity contribution in [2.24, 2.45) is 0 Å². The fourth-order valence-corrected chi connectivity index (χ4v) is 2.24. The van der Waals surface area contributed by atoms with E-state index in [9.17, 15) is 5.11 Å². The van der Waals surface area contributed by atoms with Crippen LogP contribution in [0, 0.1) is 0 Å². The van der Waals surface area contributed by atoms with E-state index in [1.807, 2.05) is 25.2 Å². The lowest BCUT2D eigenvalue weighted by Gasteiger charge is -2.28. The van der Waals surface area contributed by atoms with Crippen molar-refractivity contribution in [2.75, 3.05) is 25.9 Å². The van der Waals surface area contributed by atoms with Gasteiger partial charge in [0.1, 0.15) is 18.5 Å². The van der Waals surface area contributed by atoms with Crippen molar-refractivity contribution in [1.29, 1.82) is 0 Å². The molecule has 0 amide bonds. The summed E-state index contributed by atoms with van der Waals surface area (Å²) >= 11 is 0. The van der Waals surface area contributed by atoms with Gasteiger partial charge in [-0.3, -0.25) is 0 Å². The Kier molecular flexibility index (Phi) is 6.67. The molecule has 0 spiro atoms. The molecule has 0 aliphatic heterocycles. The van der Waals surface area contributed by atoms with Gasteiger partial charge < -0.3 is 20.5 Å². The fraction of sp³-hybridized carbons (Fsp3) is 0.600. The molecule has 0 aliphatic carbocycles. The topological polar surface area (TPSA) is 58.7 Å². The van der Waals surface area contributed by atoms with E-state index in [2.05, 4.69) is 18.7 Å². The summed E-state index contributed by atoms with van der Waals surface area (Å²) < 4.78 is 5.54. The molecule has 3 N–H and O–H groups in total. The minimum absolute atomic E-state index is 0.286. The molecule has 0 radical (unpaired) electrons. The van der Waals surface area contributed by atoms with Crippen LogP contribution in [0.5, 0.6) is 5.75 Å². The van der Waals surface area contributed by atoms with E-state index in [1.165, 1.54) is 0 Å². The maximum atomic E-state index is 9.99. The summed E-state index contributed by atoms with van der Waals surface area (Å²) in [6.07, 6.45) is 1.69. The SMILES string of the molecule is CCC(CC)N(C)CC(O)COc1cccc(N)c1. The van der Waals surface area contributed by atoms with Gasteiger partial charge in [-0.25, -0.2) is 0 Å². The van der Waals surface area contributed by atoms with E-state index in [0.29, 0.717) is 24.0 Å². The highest BCUT2D eigenvalue weighted by Gasteiger charge is 2.15. The second kappa shape index (κ2) is 8.02. The van der Waals surface area contributed by atoms with Crippen LogP contribution in [0.15, 0.2) is 24.3 Å². The Morgan fingerprint density at radius 3 is 2.58 bits per heavy atom. The number of hydrogen-bond acceptors (Lipinski definition) is 4. The summed E-state index contributed by atoms with van der Waals surface area (Å²) in [4.78, 5) is 2.19. The maximum Gasteiger partial charge on any atom is 0.121 e. The normalized spacial score (nSPS) is 12.9. The first-order valence-corrected chi connectivity index (χ1v) is 6.93. The number of rotatable bonds is 8. The van der Waals surface area contributed by atoms with Gasteiger partial charge in [0.2, 0.25) is 0 Å². The number of anilines is 1. The van der Waals surface area contributed by atoms with E-state index in [4.69, 9.17) is 10.5 Å². The van der Waals surface area contributed by atoms with Crippen LogP contribution >= 0.6 is 0 Å². The third-order valence-corrected chi connectivity index (χ3v) is 3.37. The Hall–Kier alpha value is -1.26. The lowest BCUT2D eigenvalue weighted by molar-refractivity contribution is 0.0616. The Morgan fingerprint density at radius 2 is 2.00 bits per heavy atom. The molecule has 0 heterocycles. The smallest absolute Gasteiger partial charge is 0.121 e. The molecule has 1 atom stereocenters. The molecule has 1 unspecified atom stereocenters. The highest BCUT2D eigenvalue weighted by Crippen LogP contribution is 2.15. The molecule has 1 aromatic rings. The maximum absolute atomic E-state index is 9.99. The number of hydrogen-bond donors (Lipinski definition) is 2. The van der Waals surface area contributed by atoms with Crippen LogP contribution in [0.4, 0.5) is 5.69 Å². The van der Waals surface area contributed by atoms with E-state index >= 15 is 0 Å². The molecule has 0 aliphatic rings. The molecule has 0 aromatic heterocycles. The van der Waals surface area contributed by atoms with Crippen molar-refractivity contribution >= 4 is 5.69 Å². The third kappa shape index (κ3) is 5.49. The average molecular weight is 266 g/mol. The number of nitrogens with two attached hydrogens (primary N) is 1. The van der Waals surface area contributed by atoms with Crippen molar-refractivity contribution in [3.8, 4) is 5.75 Å². The predicted octanol–water partition coefficient (Wildman–Crippen LogP) is 2.13. The van der Waals surface area contributed by atoms with Crippen molar-refractivity contribution in [2.45, 2.75) is 38.8 Å². The van der Waals surface area contributed by atoms with Gasteiger partial charge in [-0.05, 0) is 32.0 Å². The first-order chi connectivity index (χ1) is 9.06. The van der Waals surface area contributed by atoms with Gasteiger partial charge in [0.05, 0.1) is 0 Å². The molecule has 0 saturated heterocycles. The molecule has 4 nitrogen and oxygen atoms in total. The molecule has 19 heavy (non-hydrogen) atoms. The molecule has 1 aromatic carbocycles. The van der Waals surface area contributed by atoms with E-state index in [-0.39, 0.29) is 6.61 Å². The van der Waals surface area contributed by atoms with Crippen molar-refractivity contribution in [1.82, 2.24) is 4.90 Å². The van der Waals surface area contributed by atoms with Gasteiger partial charge in [0.15, 0.2) is 0 Å². The number of likely N-dealkylation sites (N-methyl/N-ethyl adjacent to an activating group) is 1. The summed E-state index contributed by atoms with van der Waals surface area (Å²) in [5.41, 5.74) is 6.34. The second-order valence-electron chi connectivity index (χ2n) is 4.95. The van der Waals surface area contributed by atoms with Crippen LogP contribution in [0.2, 0.25) is 0 Å². The van der Waals surface area contributed by atoms with Gasteiger partial charge in [0.25, 0.3) is 0 Å². The van der Waals surface area contributed by atoms with Crippen LogP contribution in [0.25, 0.3) is 0 Å². The van der Waals surface area contributed by atoms with Gasteiger partial charge in [-0.2, -0.15) is 0 Å². The van der Waals surface area contributed by atoms with Gasteiger partial charge >= 0.3 is 0 Å². The van der Waals surface area contributed by atoms with Gasteiger partial charge in [0, 0.05) is 24.3 Å². The van der Waals surface area contributed by atoms with Crippen molar-refractivity contribution in [3.05, 3.63) is 24.3 Å². The van der Waals surface area contributed by atoms with Gasteiger partial charge in [-0.15, -0.1) is 0 Å². The largest absolute Gasteiger partial charge is 0.491 e. The van der Waals surface area contributed by atoms with Crippen LogP contribution in [0.1, 0.15) is 26.7 Å².